The number of hydrogen-bond donors (Lipinski definition) is 4. The van der Waals surface area contributed by atoms with Crippen molar-refractivity contribution >= 4 is 18.0 Å². The zero-order valence-electron chi connectivity index (χ0n) is 17.3. The Balaban J connectivity index is 1.75. The van der Waals surface area contributed by atoms with Gasteiger partial charge in [-0.2, -0.15) is 13.2 Å². The van der Waals surface area contributed by atoms with Crippen LogP contribution >= 0.6 is 0 Å². The Kier molecular flexibility index (Phi) is 6.63. The topological polar surface area (TPSA) is 125 Å². The van der Waals surface area contributed by atoms with Gasteiger partial charge in [-0.1, -0.05) is 48.5 Å². The molecule has 8 nitrogen and oxygen atoms in total. The van der Waals surface area contributed by atoms with Crippen molar-refractivity contribution in [3.8, 4) is 11.1 Å². The molecule has 33 heavy (non-hydrogen) atoms. The molecular formula is C22H21F3N2O6. The molecule has 1 unspecified atom stereocenters. The van der Waals surface area contributed by atoms with Gasteiger partial charge in [-0.3, -0.25) is 10.1 Å². The maximum absolute atomic E-state index is 13.7. The number of aliphatic hydroxyl groups is 1. The molecule has 0 aliphatic heterocycles. The number of nitrogens with one attached hydrogen (secondary N) is 2. The summed E-state index contributed by atoms with van der Waals surface area (Å²) in [5.74, 6) is -4.01. The molecule has 2 amide bonds. The average Bonchev–Trinajstić information content (AvgIpc) is 3.08. The Morgan fingerprint density at radius 3 is 2.00 bits per heavy atom. The number of rotatable bonds is 7. The SMILES string of the molecule is CC(NC(=O)OCC1c2ccccc2-c2ccccc21)(C(=O)N[C@@H](CO)C(=O)O)C(F)(F)F. The van der Waals surface area contributed by atoms with Gasteiger partial charge in [-0.15, -0.1) is 0 Å². The number of carbonyl (C=O) groups excluding carboxylic acids is 2. The van der Waals surface area contributed by atoms with Gasteiger partial charge in [-0.05, 0) is 29.2 Å². The van der Waals surface area contributed by atoms with Crippen LogP contribution in [0, 0.1) is 0 Å². The van der Waals surface area contributed by atoms with Crippen molar-refractivity contribution in [2.45, 2.75) is 30.6 Å². The van der Waals surface area contributed by atoms with E-state index in [0.29, 0.717) is 6.92 Å². The molecule has 1 aliphatic carbocycles. The van der Waals surface area contributed by atoms with Gasteiger partial charge in [0.05, 0.1) is 6.61 Å². The summed E-state index contributed by atoms with van der Waals surface area (Å²) in [6.45, 7) is -1.05. The maximum atomic E-state index is 13.7. The summed E-state index contributed by atoms with van der Waals surface area (Å²) in [5, 5.41) is 20.9. The van der Waals surface area contributed by atoms with E-state index in [9.17, 15) is 27.6 Å². The van der Waals surface area contributed by atoms with Gasteiger partial charge in [0.2, 0.25) is 5.54 Å². The number of carboxylic acids is 1. The fourth-order valence-corrected chi connectivity index (χ4v) is 3.58. The van der Waals surface area contributed by atoms with Crippen molar-refractivity contribution in [1.29, 1.82) is 0 Å². The van der Waals surface area contributed by atoms with Gasteiger partial charge in [0.25, 0.3) is 5.91 Å². The van der Waals surface area contributed by atoms with E-state index in [4.69, 9.17) is 14.9 Å². The van der Waals surface area contributed by atoms with E-state index in [0.717, 1.165) is 22.3 Å². The minimum absolute atomic E-state index is 0.288. The summed E-state index contributed by atoms with van der Waals surface area (Å²) in [6, 6.07) is 12.7. The number of fused-ring (bicyclic) bond motifs is 3. The average molecular weight is 466 g/mol. The van der Waals surface area contributed by atoms with Crippen LogP contribution in [0.15, 0.2) is 48.5 Å². The lowest BCUT2D eigenvalue weighted by molar-refractivity contribution is -0.195. The van der Waals surface area contributed by atoms with Crippen molar-refractivity contribution in [2.24, 2.45) is 0 Å². The van der Waals surface area contributed by atoms with E-state index in [1.807, 2.05) is 36.4 Å². The Hall–Kier alpha value is -3.60. The molecule has 176 valence electrons. The number of carboxylic acid groups (broad SMARTS) is 1. The number of aliphatic hydroxyl groups excluding tert-OH is 1. The van der Waals surface area contributed by atoms with Crippen LogP contribution in [-0.2, 0) is 14.3 Å². The molecule has 0 saturated carbocycles. The summed E-state index contributed by atoms with van der Waals surface area (Å²) in [5.41, 5.74) is 0.0270. The number of hydrogen-bond acceptors (Lipinski definition) is 5. The molecule has 2 atom stereocenters. The molecule has 0 bridgehead atoms. The molecule has 11 heteroatoms. The van der Waals surface area contributed by atoms with Crippen LogP contribution in [0.2, 0.25) is 0 Å². The number of carbonyl (C=O) groups is 3. The number of ether oxygens (including phenoxy) is 1. The lowest BCUT2D eigenvalue weighted by Gasteiger charge is -2.32. The Bertz CT molecular complexity index is 1030. The molecule has 0 saturated heterocycles. The Morgan fingerprint density at radius 1 is 1.03 bits per heavy atom. The first-order valence-corrected chi connectivity index (χ1v) is 9.84. The molecule has 0 aromatic heterocycles. The molecule has 1 aliphatic rings. The van der Waals surface area contributed by atoms with Crippen molar-refractivity contribution in [1.82, 2.24) is 10.6 Å². The van der Waals surface area contributed by atoms with Crippen LogP contribution in [0.25, 0.3) is 11.1 Å². The summed E-state index contributed by atoms with van der Waals surface area (Å²) in [7, 11) is 0. The second-order valence-electron chi connectivity index (χ2n) is 7.62. The second-order valence-corrected chi connectivity index (χ2v) is 7.62. The van der Waals surface area contributed by atoms with E-state index in [1.54, 1.807) is 17.4 Å². The summed E-state index contributed by atoms with van der Waals surface area (Å²) >= 11 is 0. The van der Waals surface area contributed by atoms with Gasteiger partial charge in [0.1, 0.15) is 12.6 Å². The predicted molar refractivity (Wildman–Crippen MR) is 109 cm³/mol. The zero-order valence-corrected chi connectivity index (χ0v) is 17.3. The van der Waals surface area contributed by atoms with Gasteiger partial charge in [0.15, 0.2) is 0 Å². The van der Waals surface area contributed by atoms with Crippen LogP contribution < -0.4 is 10.6 Å². The minimum Gasteiger partial charge on any atom is -0.480 e. The van der Waals surface area contributed by atoms with Crippen LogP contribution in [0.4, 0.5) is 18.0 Å². The summed E-state index contributed by atoms with van der Waals surface area (Å²) < 4.78 is 46.1. The number of amides is 2. The van der Waals surface area contributed by atoms with E-state index in [-0.39, 0.29) is 6.61 Å². The number of halogens is 3. The van der Waals surface area contributed by atoms with Crippen molar-refractivity contribution in [3.63, 3.8) is 0 Å². The van der Waals surface area contributed by atoms with E-state index in [1.165, 1.54) is 5.32 Å². The highest BCUT2D eigenvalue weighted by molar-refractivity contribution is 5.93. The van der Waals surface area contributed by atoms with Gasteiger partial charge >= 0.3 is 18.2 Å². The highest BCUT2D eigenvalue weighted by Gasteiger charge is 2.58. The van der Waals surface area contributed by atoms with Crippen LogP contribution in [0.3, 0.4) is 0 Å². The molecule has 2 aromatic carbocycles. The number of benzene rings is 2. The Morgan fingerprint density at radius 2 is 1.55 bits per heavy atom. The molecule has 4 N–H and O–H groups in total. The lowest BCUT2D eigenvalue weighted by atomic mass is 9.98. The molecule has 2 aromatic rings. The highest BCUT2D eigenvalue weighted by Crippen LogP contribution is 2.44. The number of alkyl carbamates (subject to hydrolysis) is 1. The van der Waals surface area contributed by atoms with Crippen LogP contribution in [0.1, 0.15) is 24.0 Å². The van der Waals surface area contributed by atoms with Crippen molar-refractivity contribution < 1.29 is 42.5 Å². The third-order valence-electron chi connectivity index (χ3n) is 5.50. The van der Waals surface area contributed by atoms with E-state index >= 15 is 0 Å². The monoisotopic (exact) mass is 466 g/mol. The second kappa shape index (κ2) is 9.10. The van der Waals surface area contributed by atoms with Crippen molar-refractivity contribution in [3.05, 3.63) is 59.7 Å². The van der Waals surface area contributed by atoms with Gasteiger partial charge < -0.3 is 20.3 Å². The molecule has 0 heterocycles. The van der Waals surface area contributed by atoms with Crippen LogP contribution in [-0.4, -0.2) is 59.2 Å². The van der Waals surface area contributed by atoms with Gasteiger partial charge in [0, 0.05) is 5.92 Å². The molecule has 3 rings (SSSR count). The standard InChI is InChI=1S/C22H21F3N2O6/c1-21(22(23,24)25,19(31)26-17(10-28)18(29)30)27-20(32)33-11-16-14-8-4-2-6-12(14)13-7-3-5-9-15(13)16/h2-9,16-17,28H,10-11H2,1H3,(H,26,31)(H,27,32)(H,29,30)/t17-,21?/m0/s1. The molecule has 0 radical (unpaired) electrons. The predicted octanol–water partition coefficient (Wildman–Crippen LogP) is 2.41. The van der Waals surface area contributed by atoms with E-state index < -0.39 is 48.3 Å². The van der Waals surface area contributed by atoms with E-state index in [2.05, 4.69) is 0 Å². The van der Waals surface area contributed by atoms with Gasteiger partial charge in [-0.25, -0.2) is 9.59 Å². The first kappa shape index (κ1) is 24.1. The largest absolute Gasteiger partial charge is 0.480 e. The first-order chi connectivity index (χ1) is 15.5. The highest BCUT2D eigenvalue weighted by atomic mass is 19.4. The third kappa shape index (κ3) is 4.63. The Labute approximate surface area is 186 Å². The minimum atomic E-state index is -5.29. The zero-order chi connectivity index (χ0) is 24.4. The van der Waals surface area contributed by atoms with Crippen molar-refractivity contribution in [2.75, 3.05) is 13.2 Å². The number of alkyl halides is 3. The quantitative estimate of drug-likeness (QED) is 0.497. The first-order valence-electron chi connectivity index (χ1n) is 9.84. The molecule has 0 fully saturated rings. The summed E-state index contributed by atoms with van der Waals surface area (Å²) in [4.78, 5) is 35.5. The fraction of sp³-hybridized carbons (Fsp3) is 0.318. The lowest BCUT2D eigenvalue weighted by Crippen LogP contribution is -2.67. The normalized spacial score (nSPS) is 15.5. The maximum Gasteiger partial charge on any atom is 0.420 e. The molecular weight excluding hydrogens is 445 g/mol. The molecule has 0 spiro atoms. The number of aliphatic carboxylic acids is 1. The van der Waals surface area contributed by atoms with Crippen LogP contribution in [0.5, 0.6) is 0 Å². The third-order valence-corrected chi connectivity index (χ3v) is 5.50. The smallest absolute Gasteiger partial charge is 0.420 e. The fourth-order valence-electron chi connectivity index (χ4n) is 3.58. The summed E-state index contributed by atoms with van der Waals surface area (Å²) in [6.07, 6.45) is -6.80.